The standard InChI is InChI=1S/C18H22N4OS2.2ClH/c1-21(2)18-20-16-14(25-18)12-15(24-16)17(23)22(11-9-19)10-8-13-6-4-3-5-7-13;;/h3-7,12H,8-11,19H2,1-2H3;2*1H. The van der Waals surface area contributed by atoms with Crippen molar-refractivity contribution >= 4 is 68.1 Å². The van der Waals surface area contributed by atoms with Crippen molar-refractivity contribution in [1.82, 2.24) is 9.88 Å². The summed E-state index contributed by atoms with van der Waals surface area (Å²) in [5.74, 6) is 0.0444. The first-order chi connectivity index (χ1) is 12.1. The number of carbonyl (C=O) groups is 1. The van der Waals surface area contributed by atoms with Gasteiger partial charge in [0.2, 0.25) is 0 Å². The van der Waals surface area contributed by atoms with Crippen LogP contribution in [0, 0.1) is 0 Å². The van der Waals surface area contributed by atoms with Gasteiger partial charge in [-0.3, -0.25) is 4.79 Å². The number of hydrogen-bond donors (Lipinski definition) is 1. The summed E-state index contributed by atoms with van der Waals surface area (Å²) in [7, 11) is 3.95. The van der Waals surface area contributed by atoms with E-state index in [1.807, 2.05) is 48.2 Å². The van der Waals surface area contributed by atoms with E-state index in [1.165, 1.54) is 16.9 Å². The summed E-state index contributed by atoms with van der Waals surface area (Å²) in [4.78, 5) is 23.0. The number of carbonyl (C=O) groups excluding carboxylic acids is 1. The third kappa shape index (κ3) is 5.80. The first-order valence-electron chi connectivity index (χ1n) is 8.19. The third-order valence-corrected chi connectivity index (χ3v) is 6.19. The average Bonchev–Trinajstić information content (AvgIpc) is 3.18. The fourth-order valence-electron chi connectivity index (χ4n) is 2.56. The SMILES string of the molecule is CN(C)c1nc2sc(C(=O)N(CCN)CCc3ccccc3)cc2s1.Cl.Cl. The Kier molecular flexibility index (Phi) is 9.49. The Bertz CT molecular complexity index is 820. The van der Waals surface area contributed by atoms with Gasteiger partial charge in [-0.25, -0.2) is 4.98 Å². The first kappa shape index (κ1) is 23.7. The molecule has 1 aromatic carbocycles. The molecule has 0 radical (unpaired) electrons. The highest BCUT2D eigenvalue weighted by atomic mass is 35.5. The summed E-state index contributed by atoms with van der Waals surface area (Å²) in [6, 6.07) is 12.2. The molecule has 5 nitrogen and oxygen atoms in total. The van der Waals surface area contributed by atoms with Gasteiger partial charge in [0.05, 0.1) is 9.58 Å². The lowest BCUT2D eigenvalue weighted by molar-refractivity contribution is 0.0767. The number of thiazole rings is 1. The van der Waals surface area contributed by atoms with Crippen LogP contribution in [0.15, 0.2) is 36.4 Å². The minimum absolute atomic E-state index is 0. The van der Waals surface area contributed by atoms with Gasteiger partial charge >= 0.3 is 0 Å². The predicted molar refractivity (Wildman–Crippen MR) is 121 cm³/mol. The van der Waals surface area contributed by atoms with Crippen LogP contribution in [0.1, 0.15) is 15.2 Å². The van der Waals surface area contributed by atoms with Gasteiger partial charge in [0.15, 0.2) is 5.13 Å². The summed E-state index contributed by atoms with van der Waals surface area (Å²) in [6.45, 7) is 1.69. The molecule has 1 amide bonds. The highest BCUT2D eigenvalue weighted by Crippen LogP contribution is 2.34. The van der Waals surface area contributed by atoms with Crippen molar-refractivity contribution in [3.05, 3.63) is 46.8 Å². The molecular weight excluding hydrogens is 423 g/mol. The second-order valence-electron chi connectivity index (χ2n) is 5.99. The van der Waals surface area contributed by atoms with Crippen molar-refractivity contribution in [1.29, 1.82) is 0 Å². The molecule has 2 N–H and O–H groups in total. The normalized spacial score (nSPS) is 10.2. The van der Waals surface area contributed by atoms with Crippen molar-refractivity contribution in [3.63, 3.8) is 0 Å². The first-order valence-corrected chi connectivity index (χ1v) is 9.82. The lowest BCUT2D eigenvalue weighted by Crippen LogP contribution is -2.36. The summed E-state index contributed by atoms with van der Waals surface area (Å²) in [6.07, 6.45) is 0.829. The van der Waals surface area contributed by atoms with Crippen molar-refractivity contribution < 1.29 is 4.79 Å². The molecule has 0 saturated heterocycles. The lowest BCUT2D eigenvalue weighted by atomic mass is 10.1. The van der Waals surface area contributed by atoms with Gasteiger partial charge in [-0.1, -0.05) is 41.7 Å². The number of anilines is 1. The molecule has 0 spiro atoms. The highest BCUT2D eigenvalue weighted by Gasteiger charge is 2.19. The molecule has 0 bridgehead atoms. The number of halogens is 2. The molecule has 3 rings (SSSR count). The summed E-state index contributed by atoms with van der Waals surface area (Å²) < 4.78 is 1.06. The van der Waals surface area contributed by atoms with Crippen LogP contribution in [0.4, 0.5) is 5.13 Å². The van der Waals surface area contributed by atoms with Crippen LogP contribution in [-0.4, -0.2) is 49.5 Å². The zero-order valence-corrected chi connectivity index (χ0v) is 18.5. The molecular formula is C18H24Cl2N4OS2. The van der Waals surface area contributed by atoms with Gasteiger partial charge in [0.1, 0.15) is 4.83 Å². The molecule has 0 atom stereocenters. The van der Waals surface area contributed by atoms with Crippen molar-refractivity contribution in [2.24, 2.45) is 5.73 Å². The van der Waals surface area contributed by atoms with Crippen LogP contribution in [-0.2, 0) is 6.42 Å². The summed E-state index contributed by atoms with van der Waals surface area (Å²) in [5.41, 5.74) is 6.94. The molecule has 0 fully saturated rings. The Labute approximate surface area is 180 Å². The topological polar surface area (TPSA) is 62.5 Å². The van der Waals surface area contributed by atoms with Gasteiger partial charge in [0, 0.05) is 33.7 Å². The predicted octanol–water partition coefficient (Wildman–Crippen LogP) is 3.91. The van der Waals surface area contributed by atoms with Crippen LogP contribution >= 0.6 is 47.5 Å². The molecule has 3 aromatic rings. The molecule has 148 valence electrons. The number of aromatic nitrogens is 1. The Balaban J connectivity index is 0.00000182. The molecule has 27 heavy (non-hydrogen) atoms. The number of amides is 1. The number of nitrogens with zero attached hydrogens (tertiary/aromatic N) is 3. The van der Waals surface area contributed by atoms with Gasteiger partial charge < -0.3 is 15.5 Å². The Hall–Kier alpha value is -1.38. The Morgan fingerprint density at radius 1 is 1.11 bits per heavy atom. The van der Waals surface area contributed by atoms with Crippen LogP contribution in [0.5, 0.6) is 0 Å². The third-order valence-electron chi connectivity index (χ3n) is 3.87. The van der Waals surface area contributed by atoms with E-state index >= 15 is 0 Å². The van der Waals surface area contributed by atoms with Crippen molar-refractivity contribution in [2.75, 3.05) is 38.6 Å². The smallest absolute Gasteiger partial charge is 0.264 e. The Morgan fingerprint density at radius 2 is 1.81 bits per heavy atom. The van der Waals surface area contributed by atoms with Crippen LogP contribution in [0.2, 0.25) is 0 Å². The number of thiophene rings is 1. The fraction of sp³-hybridized carbons (Fsp3) is 0.333. The van der Waals surface area contributed by atoms with E-state index in [-0.39, 0.29) is 30.7 Å². The van der Waals surface area contributed by atoms with E-state index in [0.29, 0.717) is 19.6 Å². The van der Waals surface area contributed by atoms with E-state index in [4.69, 9.17) is 5.73 Å². The zero-order valence-electron chi connectivity index (χ0n) is 15.3. The fourth-order valence-corrected chi connectivity index (χ4v) is 4.66. The van der Waals surface area contributed by atoms with Crippen LogP contribution < -0.4 is 10.6 Å². The van der Waals surface area contributed by atoms with Gasteiger partial charge in [0.25, 0.3) is 5.91 Å². The molecule has 2 aromatic heterocycles. The molecule has 9 heteroatoms. The molecule has 0 saturated carbocycles. The molecule has 0 aliphatic carbocycles. The van der Waals surface area contributed by atoms with Crippen molar-refractivity contribution in [3.8, 4) is 0 Å². The maximum atomic E-state index is 12.9. The number of rotatable bonds is 7. The number of benzene rings is 1. The average molecular weight is 447 g/mol. The van der Waals surface area contributed by atoms with E-state index in [9.17, 15) is 4.79 Å². The molecule has 0 aliphatic heterocycles. The maximum absolute atomic E-state index is 12.9. The maximum Gasteiger partial charge on any atom is 0.264 e. The van der Waals surface area contributed by atoms with Gasteiger partial charge in [-0.05, 0) is 18.1 Å². The monoisotopic (exact) mass is 446 g/mol. The second-order valence-corrected chi connectivity index (χ2v) is 8.03. The van der Waals surface area contributed by atoms with Crippen molar-refractivity contribution in [2.45, 2.75) is 6.42 Å². The van der Waals surface area contributed by atoms with Gasteiger partial charge in [-0.15, -0.1) is 36.2 Å². The van der Waals surface area contributed by atoms with E-state index in [1.54, 1.807) is 11.3 Å². The minimum Gasteiger partial charge on any atom is -0.354 e. The molecule has 2 heterocycles. The summed E-state index contributed by atoms with van der Waals surface area (Å²) >= 11 is 3.07. The number of nitrogens with two attached hydrogens (primary N) is 1. The lowest BCUT2D eigenvalue weighted by Gasteiger charge is -2.21. The minimum atomic E-state index is 0. The van der Waals surface area contributed by atoms with Crippen LogP contribution in [0.3, 0.4) is 0 Å². The quantitative estimate of drug-likeness (QED) is 0.597. The second kappa shape index (κ2) is 10.8. The molecule has 0 unspecified atom stereocenters. The van der Waals surface area contributed by atoms with E-state index in [2.05, 4.69) is 17.1 Å². The largest absolute Gasteiger partial charge is 0.354 e. The Morgan fingerprint density at radius 3 is 2.41 bits per heavy atom. The zero-order chi connectivity index (χ0) is 17.8. The number of fused-ring (bicyclic) bond motifs is 1. The highest BCUT2D eigenvalue weighted by molar-refractivity contribution is 7.29. The van der Waals surface area contributed by atoms with Gasteiger partial charge in [-0.2, -0.15) is 0 Å². The van der Waals surface area contributed by atoms with E-state index in [0.717, 1.165) is 26.0 Å². The van der Waals surface area contributed by atoms with Crippen LogP contribution in [0.25, 0.3) is 9.53 Å². The van der Waals surface area contributed by atoms with E-state index < -0.39 is 0 Å². The summed E-state index contributed by atoms with van der Waals surface area (Å²) in [5, 5.41) is 0.961. The number of hydrogen-bond acceptors (Lipinski definition) is 6. The molecule has 0 aliphatic rings.